The summed E-state index contributed by atoms with van der Waals surface area (Å²) in [7, 11) is 0. The number of hydrogen-bond donors (Lipinski definition) is 4. The number of aromatic hydroxyl groups is 1. The lowest BCUT2D eigenvalue weighted by atomic mass is 9.77. The molecule has 0 radical (unpaired) electrons. The van der Waals surface area contributed by atoms with Crippen molar-refractivity contribution in [1.82, 2.24) is 0 Å². The van der Waals surface area contributed by atoms with Crippen LogP contribution in [0, 0.1) is 0 Å². The van der Waals surface area contributed by atoms with Gasteiger partial charge in [0.1, 0.15) is 44.5 Å². The second-order valence-electron chi connectivity index (χ2n) is 11.3. The second kappa shape index (κ2) is 9.72. The highest BCUT2D eigenvalue weighted by Crippen LogP contribution is 2.41. The molecule has 1 heterocycles. The van der Waals surface area contributed by atoms with Gasteiger partial charge in [0.15, 0.2) is 0 Å². The number of nitrogens with one attached hydrogen (secondary N) is 2. The Morgan fingerprint density at radius 3 is 1.78 bits per heavy atom. The predicted octanol–water partition coefficient (Wildman–Crippen LogP) is 2.51. The van der Waals surface area contributed by atoms with Crippen LogP contribution in [0.2, 0.25) is 5.02 Å². The molecule has 2 aromatic carbocycles. The number of phenols is 1. The Kier molecular flexibility index (Phi) is 7.61. The molecule has 0 bridgehead atoms. The van der Waals surface area contributed by atoms with Gasteiger partial charge in [-0.15, -0.1) is 0 Å². The number of halogens is 1. The highest BCUT2D eigenvalue weighted by Gasteiger charge is 2.35. The maximum Gasteiger partial charge on any atom is 0.139 e. The lowest BCUT2D eigenvalue weighted by Crippen LogP contribution is -3.28. The molecule has 4 nitrogen and oxygen atoms in total. The summed E-state index contributed by atoms with van der Waals surface area (Å²) in [5, 5.41) is 21.3. The van der Waals surface area contributed by atoms with Crippen molar-refractivity contribution in [2.24, 2.45) is 0 Å². The van der Waals surface area contributed by atoms with E-state index in [9.17, 15) is 10.2 Å². The third-order valence-electron chi connectivity index (χ3n) is 6.76. The fourth-order valence-electron chi connectivity index (χ4n) is 4.91. The molecule has 0 unspecified atom stereocenters. The molecule has 0 aromatic heterocycles. The van der Waals surface area contributed by atoms with E-state index in [1.807, 2.05) is 12.1 Å². The molecule has 1 aliphatic rings. The molecule has 0 spiro atoms. The molecule has 1 saturated heterocycles. The average molecular weight is 461 g/mol. The van der Waals surface area contributed by atoms with Crippen LogP contribution in [0.5, 0.6) is 5.75 Å². The van der Waals surface area contributed by atoms with Crippen LogP contribution in [0.15, 0.2) is 36.4 Å². The van der Waals surface area contributed by atoms with E-state index in [1.54, 1.807) is 0 Å². The minimum Gasteiger partial charge on any atom is -0.507 e. The smallest absolute Gasteiger partial charge is 0.139 e. The van der Waals surface area contributed by atoms with Gasteiger partial charge in [-0.05, 0) is 35.1 Å². The first-order valence-corrected chi connectivity index (χ1v) is 12.2. The largest absolute Gasteiger partial charge is 0.507 e. The van der Waals surface area contributed by atoms with Crippen LogP contribution in [0.1, 0.15) is 69.8 Å². The van der Waals surface area contributed by atoms with Crippen LogP contribution in [-0.2, 0) is 10.8 Å². The number of phenolic OH excluding ortho intramolecular Hbond substituents is 1. The molecule has 2 aromatic rings. The quantitative estimate of drug-likeness (QED) is 0.554. The molecule has 0 amide bonds. The van der Waals surface area contributed by atoms with Gasteiger partial charge in [-0.25, -0.2) is 0 Å². The number of benzene rings is 2. The van der Waals surface area contributed by atoms with E-state index in [1.165, 1.54) is 20.9 Å². The van der Waals surface area contributed by atoms with E-state index in [-0.39, 0.29) is 23.5 Å². The normalized spacial score (nSPS) is 20.9. The molecule has 1 atom stereocenters. The van der Waals surface area contributed by atoms with Crippen LogP contribution < -0.4 is 9.80 Å². The van der Waals surface area contributed by atoms with Gasteiger partial charge >= 0.3 is 0 Å². The van der Waals surface area contributed by atoms with Crippen molar-refractivity contribution in [2.45, 2.75) is 58.4 Å². The first-order chi connectivity index (χ1) is 14.9. The Hall–Kier alpha value is -1.59. The maximum atomic E-state index is 11.2. The minimum absolute atomic E-state index is 0.163. The molecule has 0 saturated carbocycles. The van der Waals surface area contributed by atoms with E-state index < -0.39 is 0 Å². The van der Waals surface area contributed by atoms with Crippen molar-refractivity contribution in [2.75, 3.05) is 39.3 Å². The lowest BCUT2D eigenvalue weighted by molar-refractivity contribution is -1.02. The third kappa shape index (κ3) is 5.66. The number of hydrogen-bond acceptors (Lipinski definition) is 2. The maximum absolute atomic E-state index is 11.2. The predicted molar refractivity (Wildman–Crippen MR) is 132 cm³/mol. The van der Waals surface area contributed by atoms with Gasteiger partial charge in [-0.3, -0.25) is 0 Å². The second-order valence-corrected chi connectivity index (χ2v) is 11.8. The fraction of sp³-hybridized carbons (Fsp3) is 0.556. The molecular formula is C27H41ClN2O2+2. The van der Waals surface area contributed by atoms with E-state index in [0.717, 1.165) is 48.9 Å². The SMILES string of the molecule is CC(C)(C)c1cc([C@H](c2ccc(Cl)cc2)[NH+]2CC[NH+](CCO)CC2)cc(C(C)(C)C)c1O. The van der Waals surface area contributed by atoms with Gasteiger partial charge < -0.3 is 20.0 Å². The minimum atomic E-state index is -0.163. The summed E-state index contributed by atoms with van der Waals surface area (Å²) < 4.78 is 0. The molecule has 5 heteroatoms. The molecule has 176 valence electrons. The summed E-state index contributed by atoms with van der Waals surface area (Å²) in [5.41, 5.74) is 4.18. The number of rotatable bonds is 5. The first-order valence-electron chi connectivity index (χ1n) is 11.8. The summed E-state index contributed by atoms with van der Waals surface area (Å²) in [6.45, 7) is 18.2. The molecule has 0 aliphatic carbocycles. The first kappa shape index (κ1) is 25.0. The van der Waals surface area contributed by atoms with Crippen LogP contribution in [-0.4, -0.2) is 49.5 Å². The van der Waals surface area contributed by atoms with Gasteiger partial charge in [-0.2, -0.15) is 0 Å². The van der Waals surface area contributed by atoms with Gasteiger partial charge in [0.05, 0.1) is 6.61 Å². The number of quaternary nitrogens is 2. The summed E-state index contributed by atoms with van der Waals surface area (Å²) in [6, 6.07) is 12.9. The van der Waals surface area contributed by atoms with Crippen molar-refractivity contribution in [3.05, 3.63) is 63.7 Å². The van der Waals surface area contributed by atoms with Crippen LogP contribution >= 0.6 is 11.6 Å². The van der Waals surface area contributed by atoms with E-state index in [0.29, 0.717) is 5.75 Å². The third-order valence-corrected chi connectivity index (χ3v) is 7.01. The average Bonchev–Trinajstić information content (AvgIpc) is 2.70. The van der Waals surface area contributed by atoms with E-state index in [2.05, 4.69) is 65.8 Å². The Labute approximate surface area is 198 Å². The Balaban J connectivity index is 2.13. The Morgan fingerprint density at radius 1 is 0.844 bits per heavy atom. The van der Waals surface area contributed by atoms with E-state index in [4.69, 9.17) is 11.6 Å². The molecule has 32 heavy (non-hydrogen) atoms. The van der Waals surface area contributed by atoms with Crippen molar-refractivity contribution in [1.29, 1.82) is 0 Å². The molecule has 1 aliphatic heterocycles. The van der Waals surface area contributed by atoms with Crippen molar-refractivity contribution in [3.63, 3.8) is 0 Å². The number of aliphatic hydroxyl groups is 1. The zero-order chi connectivity index (χ0) is 23.7. The van der Waals surface area contributed by atoms with E-state index >= 15 is 0 Å². The van der Waals surface area contributed by atoms with Gasteiger partial charge in [0.2, 0.25) is 0 Å². The highest BCUT2D eigenvalue weighted by atomic mass is 35.5. The molecular weight excluding hydrogens is 420 g/mol. The Morgan fingerprint density at radius 2 is 1.34 bits per heavy atom. The Bertz CT molecular complexity index is 870. The zero-order valence-corrected chi connectivity index (χ0v) is 21.3. The lowest BCUT2D eigenvalue weighted by Gasteiger charge is -2.36. The van der Waals surface area contributed by atoms with Crippen LogP contribution in [0.25, 0.3) is 0 Å². The monoisotopic (exact) mass is 460 g/mol. The zero-order valence-electron chi connectivity index (χ0n) is 20.6. The van der Waals surface area contributed by atoms with Gasteiger partial charge in [0.25, 0.3) is 0 Å². The fourth-order valence-corrected chi connectivity index (χ4v) is 5.03. The summed E-state index contributed by atoms with van der Waals surface area (Å²) in [6.07, 6.45) is 0. The molecule has 3 rings (SSSR count). The van der Waals surface area contributed by atoms with Gasteiger partial charge in [0, 0.05) is 27.3 Å². The molecule has 4 N–H and O–H groups in total. The van der Waals surface area contributed by atoms with Gasteiger partial charge in [-0.1, -0.05) is 65.3 Å². The highest BCUT2D eigenvalue weighted by molar-refractivity contribution is 6.30. The summed E-state index contributed by atoms with van der Waals surface area (Å²) in [5.74, 6) is 0.427. The summed E-state index contributed by atoms with van der Waals surface area (Å²) in [4.78, 5) is 3.00. The van der Waals surface area contributed by atoms with Crippen molar-refractivity contribution < 1.29 is 20.0 Å². The summed E-state index contributed by atoms with van der Waals surface area (Å²) >= 11 is 6.23. The topological polar surface area (TPSA) is 49.3 Å². The van der Waals surface area contributed by atoms with Crippen LogP contribution in [0.3, 0.4) is 0 Å². The number of piperazine rings is 1. The van der Waals surface area contributed by atoms with Crippen molar-refractivity contribution >= 4 is 11.6 Å². The number of aliphatic hydroxyl groups excluding tert-OH is 1. The van der Waals surface area contributed by atoms with Crippen LogP contribution in [0.4, 0.5) is 0 Å². The molecule has 1 fully saturated rings. The standard InChI is InChI=1S/C27H39ClN2O2/c1-26(2,3)22-17-20(18-23(25(22)32)27(4,5)6)24(19-7-9-21(28)10-8-19)30-13-11-29(12-14-30)15-16-31/h7-10,17-18,24,31-32H,11-16H2,1-6H3/p+2/t24-/m0/s1. The van der Waals surface area contributed by atoms with Crippen molar-refractivity contribution in [3.8, 4) is 5.75 Å².